The summed E-state index contributed by atoms with van der Waals surface area (Å²) in [6.07, 6.45) is 38.0. The normalized spacial score (nSPS) is 17.9. The van der Waals surface area contributed by atoms with E-state index in [4.69, 9.17) is 42.5 Å². The Hall–Kier alpha value is -5.03. The third-order valence-corrected chi connectivity index (χ3v) is 20.5. The van der Waals surface area contributed by atoms with Crippen molar-refractivity contribution in [3.8, 4) is 42.4 Å². The number of hydrogen-bond acceptors (Lipinski definition) is 16. The molecule has 4 unspecified atom stereocenters. The Labute approximate surface area is 694 Å². The molecule has 594 valence electrons. The maximum atomic E-state index is 10.7. The van der Waals surface area contributed by atoms with Crippen molar-refractivity contribution >= 4 is 55.5 Å². The Morgan fingerprint density at radius 2 is 0.835 bits per heavy atom. The molecule has 0 spiro atoms. The van der Waals surface area contributed by atoms with Gasteiger partial charge < -0.3 is 62.6 Å². The molecule has 2 heterocycles. The average Bonchev–Trinajstić information content (AvgIpc) is 1.27. The quantitative estimate of drug-likeness (QED) is 0.0190. The van der Waals surface area contributed by atoms with E-state index in [1.165, 1.54) is 82.6 Å². The first kappa shape index (κ1) is 102. The van der Waals surface area contributed by atoms with Gasteiger partial charge in [-0.1, -0.05) is 212 Å². The number of benzene rings is 5. The third-order valence-electron chi connectivity index (χ3n) is 19.5. The van der Waals surface area contributed by atoms with E-state index in [0.29, 0.717) is 24.1 Å². The van der Waals surface area contributed by atoms with Gasteiger partial charge in [0.15, 0.2) is 17.4 Å². The van der Waals surface area contributed by atoms with Crippen molar-refractivity contribution in [1.82, 2.24) is 0 Å². The van der Waals surface area contributed by atoms with Crippen LogP contribution in [0.1, 0.15) is 300 Å². The number of terminal acetylenes is 1. The van der Waals surface area contributed by atoms with Crippen molar-refractivity contribution in [3.05, 3.63) is 175 Å². The Morgan fingerprint density at radius 3 is 1.17 bits per heavy atom. The molecule has 0 bridgehead atoms. The van der Waals surface area contributed by atoms with E-state index in [0.717, 1.165) is 198 Å². The van der Waals surface area contributed by atoms with E-state index < -0.39 is 46.8 Å². The molecule has 0 radical (unpaired) electrons. The first-order valence-electron chi connectivity index (χ1n) is 39.1. The van der Waals surface area contributed by atoms with Crippen molar-refractivity contribution in [1.29, 1.82) is 15.8 Å². The minimum atomic E-state index is -0.877. The van der Waals surface area contributed by atoms with E-state index in [2.05, 4.69) is 61.8 Å². The van der Waals surface area contributed by atoms with Gasteiger partial charge >= 0.3 is 18.9 Å². The number of aryl methyl sites for hydroxylation is 2. The van der Waals surface area contributed by atoms with Gasteiger partial charge in [-0.25, -0.2) is 0 Å². The summed E-state index contributed by atoms with van der Waals surface area (Å²) in [6.45, 7) is 6.42. The van der Waals surface area contributed by atoms with Crippen LogP contribution in [0, 0.1) is 58.2 Å². The van der Waals surface area contributed by atoms with E-state index in [1.807, 2.05) is 97.1 Å². The number of rotatable bonds is 16. The zero-order valence-corrected chi connectivity index (χ0v) is 67.8. The van der Waals surface area contributed by atoms with Crippen molar-refractivity contribution in [3.63, 3.8) is 0 Å². The monoisotopic (exact) mass is 1640 g/mol. The van der Waals surface area contributed by atoms with Crippen LogP contribution < -0.4 is 24.6 Å². The van der Waals surface area contributed by atoms with Gasteiger partial charge in [0.25, 0.3) is 0 Å². The number of nitrogens with two attached hydrogens (primary N) is 1. The van der Waals surface area contributed by atoms with Crippen molar-refractivity contribution in [2.75, 3.05) is 39.6 Å². The minimum absolute atomic E-state index is 0. The zero-order chi connectivity index (χ0) is 78.3. The number of nitriles is 3. The summed E-state index contributed by atoms with van der Waals surface area (Å²) in [4.78, 5) is 10.1. The van der Waals surface area contributed by atoms with Gasteiger partial charge in [0.2, 0.25) is 0 Å². The summed E-state index contributed by atoms with van der Waals surface area (Å²) in [7, 11) is 0. The second-order valence-electron chi connectivity index (χ2n) is 28.6. The second kappa shape index (κ2) is 61.5. The largest absolute Gasteiger partial charge is 1.00 e. The molecule has 16 nitrogen and oxygen atoms in total. The Balaban J connectivity index is 0.00000127. The standard InChI is InChI=1S/C18H29NO2.C18H25NO2.C18H21NO2.C9H8BrNO.C9H14O.C7H5BrO.2C4H8O.C2H6O.Al.Li.4H/c3*19-13-9-17(20)16-7-5-6-15(14-16)8-12-18(21)10-3-1-2-4-11-18;10-8-3-1-2-7(6-8)9(12)4-5-11;1-2-9(10)7-5-3-4-6-8-9;8-7-3-1-2-6(4-7)5-9;2*1-2-4-5-3-1;1-2-3;;;;;;/h5-7,14,17,20-21H,1-4,8-13,19H2;5-7,14,17,20-21H,1-4,8-12H2;5-7,14,17,20-21H,1-4,9-11H2;1-3,6,9,12H,4H2;1,10H,3-8H2;1-5H;2*1-4H2;3H,2H2,1H3;;;;;;/q;;;;;;;;;;+1;;;;-1. The fraction of sp³-hybridized carbons (Fsp3) is 0.573. The molecular formula is C89H128AlBr2LiN4O12. The maximum absolute atomic E-state index is 10.7. The summed E-state index contributed by atoms with van der Waals surface area (Å²) in [5, 5.41) is 114. The number of ether oxygens (including phenoxy) is 2. The fourth-order valence-electron chi connectivity index (χ4n) is 13.1. The van der Waals surface area contributed by atoms with Crippen LogP contribution in [0.25, 0.3) is 0 Å². The van der Waals surface area contributed by atoms with Gasteiger partial charge in [-0.3, -0.25) is 4.79 Å². The number of nitrogens with zero attached hydrogens (tertiary/aromatic N) is 3. The first-order valence-corrected chi connectivity index (χ1v) is 40.7. The Kier molecular flexibility index (Phi) is 57.5. The number of aliphatic hydroxyl groups excluding tert-OH is 5. The predicted molar refractivity (Wildman–Crippen MR) is 444 cm³/mol. The number of aldehydes is 1. The molecule has 5 aromatic rings. The van der Waals surface area contributed by atoms with Gasteiger partial charge in [-0.2, -0.15) is 15.8 Å². The minimum Gasteiger partial charge on any atom is -1.00 e. The van der Waals surface area contributed by atoms with Crippen LogP contribution in [0.15, 0.2) is 130 Å². The average molecular weight is 1640 g/mol. The van der Waals surface area contributed by atoms with Crippen LogP contribution in [0.4, 0.5) is 0 Å². The number of hydrogen-bond donors (Lipinski definition) is 10. The molecule has 6 aliphatic rings. The Morgan fingerprint density at radius 1 is 0.495 bits per heavy atom. The number of aliphatic hydroxyl groups is 9. The maximum Gasteiger partial charge on any atom is 1.00 e. The second-order valence-corrected chi connectivity index (χ2v) is 30.4. The van der Waals surface area contributed by atoms with Gasteiger partial charge in [-0.15, -0.1) is 6.42 Å². The van der Waals surface area contributed by atoms with Crippen molar-refractivity contribution < 1.29 is 80.5 Å². The molecule has 11 N–H and O–H groups in total. The van der Waals surface area contributed by atoms with E-state index in [-0.39, 0.29) is 63.5 Å². The topological polar surface area (TPSA) is 315 Å². The SMILES string of the molecule is C#CC1(O)CCCCCC1.C1CCOC1.C1CCOC1.CCO.N#CCC(O)c1cccc(Br)c1.N#CCC(O)c1cccc(C#CC2(O)CCCCCC2)c1.N#CCC(O)c1cccc(CCC2(O)CCCCCC2)c1.NCCC(O)c1cccc(CCC2(O)CCCCCC2)c1.O=Cc1cccc(Br)c1.[AlH3].[H-].[Li+]. The van der Waals surface area contributed by atoms with Crippen molar-refractivity contribution in [2.24, 2.45) is 5.73 Å². The van der Waals surface area contributed by atoms with Crippen LogP contribution >= 0.6 is 31.9 Å². The van der Waals surface area contributed by atoms with Crippen LogP contribution in [-0.2, 0) is 22.3 Å². The molecule has 20 heteroatoms. The number of halogens is 2. The van der Waals surface area contributed by atoms with Gasteiger partial charge in [0.05, 0.1) is 73.1 Å². The molecule has 4 atom stereocenters. The smallest absolute Gasteiger partial charge is 1.00 e. The molecule has 4 aliphatic carbocycles. The van der Waals surface area contributed by atoms with Crippen molar-refractivity contribution in [2.45, 2.75) is 285 Å². The Bertz CT molecular complexity index is 3420. The number of carbonyl (C=O) groups excluding carboxylic acids is 1. The molecule has 6 fully saturated rings. The molecule has 5 aromatic carbocycles. The van der Waals surface area contributed by atoms with E-state index >= 15 is 0 Å². The number of carbonyl (C=O) groups is 1. The fourth-order valence-corrected chi connectivity index (χ4v) is 13.9. The summed E-state index contributed by atoms with van der Waals surface area (Å²) in [6, 6.07) is 43.5. The van der Waals surface area contributed by atoms with Crippen LogP contribution in [0.5, 0.6) is 0 Å². The molecule has 4 saturated carbocycles. The third kappa shape index (κ3) is 46.7. The summed E-state index contributed by atoms with van der Waals surface area (Å²) in [5.41, 5.74) is 9.83. The van der Waals surface area contributed by atoms with E-state index in [1.54, 1.807) is 37.3 Å². The van der Waals surface area contributed by atoms with Crippen LogP contribution in [-0.4, -0.2) is 132 Å². The van der Waals surface area contributed by atoms with Gasteiger partial charge in [0, 0.05) is 53.1 Å². The summed E-state index contributed by atoms with van der Waals surface area (Å²) in [5.74, 6) is 8.51. The molecule has 0 amide bonds. The first-order chi connectivity index (χ1) is 51.6. The molecule has 109 heavy (non-hydrogen) atoms. The molecular weight excluding hydrogens is 1510 g/mol. The molecule has 11 rings (SSSR count). The van der Waals surface area contributed by atoms with Crippen LogP contribution in [0.2, 0.25) is 0 Å². The zero-order valence-electron chi connectivity index (χ0n) is 65.6. The van der Waals surface area contributed by atoms with E-state index in [9.17, 15) is 45.6 Å². The molecule has 2 aliphatic heterocycles. The van der Waals surface area contributed by atoms with Gasteiger partial charge in [-0.05, 0) is 218 Å². The summed E-state index contributed by atoms with van der Waals surface area (Å²) >= 11 is 6.53. The molecule has 2 saturated heterocycles. The van der Waals surface area contributed by atoms with Crippen LogP contribution in [0.3, 0.4) is 0 Å². The van der Waals surface area contributed by atoms with Gasteiger partial charge in [0.1, 0.15) is 17.5 Å². The summed E-state index contributed by atoms with van der Waals surface area (Å²) < 4.78 is 11.7. The molecule has 0 aromatic heterocycles. The predicted octanol–water partition coefficient (Wildman–Crippen LogP) is 13.7.